The second kappa shape index (κ2) is 5.30. The zero-order valence-electron chi connectivity index (χ0n) is 10.2. The maximum atomic E-state index is 9.41. The van der Waals surface area contributed by atoms with Crippen LogP contribution in [-0.4, -0.2) is 19.8 Å². The summed E-state index contributed by atoms with van der Waals surface area (Å²) in [7, 11) is 0. The fourth-order valence-corrected chi connectivity index (χ4v) is 2.04. The van der Waals surface area contributed by atoms with Crippen molar-refractivity contribution in [3.8, 4) is 11.4 Å². The first-order valence-corrected chi connectivity index (χ1v) is 5.81. The van der Waals surface area contributed by atoms with Crippen LogP contribution in [0.25, 0.3) is 11.4 Å². The van der Waals surface area contributed by atoms with Gasteiger partial charge in [-0.05, 0) is 6.92 Å². The molecule has 96 valence electrons. The van der Waals surface area contributed by atoms with Crippen molar-refractivity contribution >= 4 is 0 Å². The van der Waals surface area contributed by atoms with Gasteiger partial charge in [0.1, 0.15) is 5.82 Å². The number of hydrogen-bond acceptors (Lipinski definition) is 4. The van der Waals surface area contributed by atoms with Crippen LogP contribution < -0.4 is 5.73 Å². The molecule has 2 rings (SSSR count). The number of benzene rings is 1. The van der Waals surface area contributed by atoms with E-state index in [2.05, 4.69) is 4.98 Å². The maximum Gasteiger partial charge on any atom is 0.141 e. The number of nitrogens with two attached hydrogens (primary N) is 1. The molecular formula is C13H17N3O2. The number of hydrogen-bond donors (Lipinski definition) is 3. The summed E-state index contributed by atoms with van der Waals surface area (Å²) in [6.07, 6.45) is -0.324. The highest BCUT2D eigenvalue weighted by Crippen LogP contribution is 2.25. The predicted molar refractivity (Wildman–Crippen MR) is 68.4 cm³/mol. The van der Waals surface area contributed by atoms with E-state index in [9.17, 15) is 10.2 Å². The van der Waals surface area contributed by atoms with Gasteiger partial charge >= 0.3 is 0 Å². The molecule has 0 aliphatic rings. The maximum absolute atomic E-state index is 9.41. The molecule has 1 heterocycles. The van der Waals surface area contributed by atoms with Crippen LogP contribution in [0.4, 0.5) is 0 Å². The summed E-state index contributed by atoms with van der Waals surface area (Å²) in [4.78, 5) is 4.36. The third-order valence-corrected chi connectivity index (χ3v) is 2.83. The van der Waals surface area contributed by atoms with Crippen molar-refractivity contribution in [2.24, 2.45) is 5.73 Å². The zero-order valence-corrected chi connectivity index (χ0v) is 10.2. The Morgan fingerprint density at radius 1 is 1.22 bits per heavy atom. The van der Waals surface area contributed by atoms with Crippen LogP contribution in [0.15, 0.2) is 30.3 Å². The van der Waals surface area contributed by atoms with Gasteiger partial charge < -0.3 is 20.5 Å². The lowest BCUT2D eigenvalue weighted by Gasteiger charge is -2.14. The van der Waals surface area contributed by atoms with Gasteiger partial charge in [0.2, 0.25) is 0 Å². The van der Waals surface area contributed by atoms with Crippen molar-refractivity contribution in [2.75, 3.05) is 0 Å². The predicted octanol–water partition coefficient (Wildman–Crippen LogP) is 1.01. The summed E-state index contributed by atoms with van der Waals surface area (Å²) < 4.78 is 1.75. The van der Waals surface area contributed by atoms with Crippen molar-refractivity contribution in [1.82, 2.24) is 9.55 Å². The lowest BCUT2D eigenvalue weighted by atomic mass is 10.2. The molecule has 0 aliphatic heterocycles. The van der Waals surface area contributed by atoms with Crippen molar-refractivity contribution in [3.05, 3.63) is 41.7 Å². The summed E-state index contributed by atoms with van der Waals surface area (Å²) in [5.41, 5.74) is 7.86. The topological polar surface area (TPSA) is 84.3 Å². The van der Waals surface area contributed by atoms with Crippen LogP contribution in [0.5, 0.6) is 0 Å². The van der Waals surface area contributed by atoms with Crippen molar-refractivity contribution in [3.63, 3.8) is 0 Å². The van der Waals surface area contributed by atoms with E-state index in [1.54, 1.807) is 4.57 Å². The van der Waals surface area contributed by atoms with E-state index in [-0.39, 0.29) is 19.4 Å². The van der Waals surface area contributed by atoms with Gasteiger partial charge in [-0.25, -0.2) is 4.98 Å². The Balaban J connectivity index is 2.63. The van der Waals surface area contributed by atoms with Crippen LogP contribution in [0, 0.1) is 0 Å². The molecule has 4 N–H and O–H groups in total. The molecule has 18 heavy (non-hydrogen) atoms. The second-order valence-corrected chi connectivity index (χ2v) is 4.12. The van der Waals surface area contributed by atoms with Gasteiger partial charge in [-0.1, -0.05) is 30.3 Å². The van der Waals surface area contributed by atoms with Gasteiger partial charge in [0, 0.05) is 5.56 Å². The number of rotatable bonds is 4. The Hall–Kier alpha value is -1.69. The zero-order chi connectivity index (χ0) is 13.1. The largest absolute Gasteiger partial charge is 0.390 e. The minimum atomic E-state index is -0.324. The van der Waals surface area contributed by atoms with Crippen LogP contribution in [0.1, 0.15) is 24.5 Å². The van der Waals surface area contributed by atoms with E-state index in [0.717, 1.165) is 5.56 Å². The molecule has 0 bridgehead atoms. The van der Waals surface area contributed by atoms with Crippen LogP contribution >= 0.6 is 0 Å². The van der Waals surface area contributed by atoms with E-state index < -0.39 is 0 Å². The Morgan fingerprint density at radius 3 is 2.39 bits per heavy atom. The lowest BCUT2D eigenvalue weighted by molar-refractivity contribution is 0.248. The van der Waals surface area contributed by atoms with Gasteiger partial charge in [-0.15, -0.1) is 0 Å². The molecule has 0 spiro atoms. The third kappa shape index (κ3) is 2.15. The first-order chi connectivity index (χ1) is 8.69. The Morgan fingerprint density at radius 2 is 1.89 bits per heavy atom. The summed E-state index contributed by atoms with van der Waals surface area (Å²) >= 11 is 0. The molecule has 1 aromatic carbocycles. The quantitative estimate of drug-likeness (QED) is 0.753. The molecule has 5 nitrogen and oxygen atoms in total. The molecule has 0 fully saturated rings. The normalized spacial score (nSPS) is 12.7. The molecule has 0 aliphatic carbocycles. The molecule has 1 atom stereocenters. The van der Waals surface area contributed by atoms with Gasteiger partial charge in [0.05, 0.1) is 30.8 Å². The Bertz CT molecular complexity index is 521. The number of aromatic nitrogens is 2. The minimum Gasteiger partial charge on any atom is -0.390 e. The average Bonchev–Trinajstić information content (AvgIpc) is 2.78. The second-order valence-electron chi connectivity index (χ2n) is 4.12. The summed E-state index contributed by atoms with van der Waals surface area (Å²) in [6.45, 7) is 1.40. The molecule has 0 saturated carbocycles. The molecule has 0 saturated heterocycles. The van der Waals surface area contributed by atoms with Crippen LogP contribution in [0.3, 0.4) is 0 Å². The highest BCUT2D eigenvalue weighted by Gasteiger charge is 2.18. The third-order valence-electron chi connectivity index (χ3n) is 2.83. The highest BCUT2D eigenvalue weighted by molar-refractivity contribution is 5.57. The van der Waals surface area contributed by atoms with Crippen LogP contribution in [-0.2, 0) is 13.2 Å². The number of imidazole rings is 1. The summed E-state index contributed by atoms with van der Waals surface area (Å²) in [5.74, 6) is 0.665. The first kappa shape index (κ1) is 12.8. The van der Waals surface area contributed by atoms with Gasteiger partial charge in [0.15, 0.2) is 0 Å². The highest BCUT2D eigenvalue weighted by atomic mass is 16.3. The van der Waals surface area contributed by atoms with Crippen LogP contribution in [0.2, 0.25) is 0 Å². The van der Waals surface area contributed by atoms with Gasteiger partial charge in [-0.3, -0.25) is 0 Å². The van der Waals surface area contributed by atoms with E-state index in [1.165, 1.54) is 0 Å². The Labute approximate surface area is 106 Å². The Kier molecular flexibility index (Phi) is 3.76. The SMILES string of the molecule is CC(N)n1c(-c2ccccc2)nc(CO)c1CO. The van der Waals surface area contributed by atoms with E-state index in [0.29, 0.717) is 17.2 Å². The lowest BCUT2D eigenvalue weighted by Crippen LogP contribution is -2.18. The van der Waals surface area contributed by atoms with Crippen molar-refractivity contribution in [1.29, 1.82) is 0 Å². The number of aliphatic hydroxyl groups is 2. The smallest absolute Gasteiger partial charge is 0.141 e. The summed E-state index contributed by atoms with van der Waals surface area (Å²) in [6, 6.07) is 9.58. The fraction of sp³-hybridized carbons (Fsp3) is 0.308. The number of nitrogens with zero attached hydrogens (tertiary/aromatic N) is 2. The monoisotopic (exact) mass is 247 g/mol. The number of aliphatic hydroxyl groups excluding tert-OH is 2. The van der Waals surface area contributed by atoms with Gasteiger partial charge in [0.25, 0.3) is 0 Å². The average molecular weight is 247 g/mol. The molecule has 0 radical (unpaired) electrons. The summed E-state index contributed by atoms with van der Waals surface area (Å²) in [5, 5.41) is 18.7. The van der Waals surface area contributed by atoms with E-state index >= 15 is 0 Å². The molecular weight excluding hydrogens is 230 g/mol. The standard InChI is InChI=1S/C13H17N3O2/c1-9(14)16-12(8-18)11(7-17)15-13(16)10-5-3-2-4-6-10/h2-6,9,17-18H,7-8,14H2,1H3. The first-order valence-electron chi connectivity index (χ1n) is 5.81. The molecule has 1 unspecified atom stereocenters. The fourth-order valence-electron chi connectivity index (χ4n) is 2.04. The van der Waals surface area contributed by atoms with Crippen molar-refractivity contribution < 1.29 is 10.2 Å². The molecule has 1 aromatic heterocycles. The van der Waals surface area contributed by atoms with Crippen molar-refractivity contribution in [2.45, 2.75) is 26.3 Å². The van der Waals surface area contributed by atoms with E-state index in [1.807, 2.05) is 37.3 Å². The van der Waals surface area contributed by atoms with E-state index in [4.69, 9.17) is 5.73 Å². The minimum absolute atomic E-state index is 0.197. The molecule has 5 heteroatoms. The van der Waals surface area contributed by atoms with Gasteiger partial charge in [-0.2, -0.15) is 0 Å². The molecule has 2 aromatic rings. The molecule has 0 amide bonds.